The molecule has 1 aromatic heterocycles. The molecule has 3 heteroatoms. The number of hydrogen-bond donors (Lipinski definition) is 1. The fourth-order valence-corrected chi connectivity index (χ4v) is 2.30. The number of nitrogens with two attached hydrogens (primary N) is 1. The molecule has 0 radical (unpaired) electrons. The van der Waals surface area contributed by atoms with E-state index in [4.69, 9.17) is 5.73 Å². The highest BCUT2D eigenvalue weighted by molar-refractivity contribution is 8.11. The second-order valence-electron chi connectivity index (χ2n) is 3.02. The number of rotatable bonds is 2. The number of nitrogens with zero attached hydrogens (tertiary/aromatic N) is 1. The predicted molar refractivity (Wildman–Crippen MR) is 61.6 cm³/mol. The molecule has 0 spiro atoms. The van der Waals surface area contributed by atoms with Gasteiger partial charge in [0.25, 0.3) is 0 Å². The van der Waals surface area contributed by atoms with Crippen LogP contribution in [0.2, 0.25) is 0 Å². The predicted octanol–water partition coefficient (Wildman–Crippen LogP) is 2.40. The first-order valence-corrected chi connectivity index (χ1v) is 5.39. The summed E-state index contributed by atoms with van der Waals surface area (Å²) in [6.45, 7) is 0.627. The summed E-state index contributed by atoms with van der Waals surface area (Å²) in [5.41, 5.74) is 6.79. The molecule has 72 valence electrons. The lowest BCUT2D eigenvalue weighted by molar-refractivity contribution is 1.20. The molecule has 0 bridgehead atoms. The zero-order valence-electron chi connectivity index (χ0n) is 7.81. The summed E-state index contributed by atoms with van der Waals surface area (Å²) < 4.78 is 0. The molecular formula is C11H12N2S. The maximum atomic E-state index is 5.61. The highest BCUT2D eigenvalue weighted by atomic mass is 32.2. The lowest BCUT2D eigenvalue weighted by Gasteiger charge is -2.12. The first-order valence-electron chi connectivity index (χ1n) is 4.57. The number of thioether (sulfide) groups is 1. The molecular weight excluding hydrogens is 192 g/mol. The van der Waals surface area contributed by atoms with Gasteiger partial charge in [-0.15, -0.1) is 0 Å². The van der Waals surface area contributed by atoms with E-state index in [9.17, 15) is 0 Å². The fraction of sp³-hybridized carbons (Fsp3) is 0.182. The number of pyridine rings is 1. The standard InChI is InChI=1S/C11H12N2S/c12-7-10-4-1-5-11(14-10)9-3-2-6-13-8-9/h2-6,8H,1,7,12H2. The van der Waals surface area contributed by atoms with E-state index in [2.05, 4.69) is 23.2 Å². The summed E-state index contributed by atoms with van der Waals surface area (Å²) in [5, 5.41) is 0. The molecule has 1 aliphatic rings. The van der Waals surface area contributed by atoms with Crippen molar-refractivity contribution in [3.63, 3.8) is 0 Å². The molecule has 0 atom stereocenters. The van der Waals surface area contributed by atoms with Crippen LogP contribution in [0.3, 0.4) is 0 Å². The van der Waals surface area contributed by atoms with E-state index in [1.165, 1.54) is 15.4 Å². The Labute approximate surface area is 87.9 Å². The maximum Gasteiger partial charge on any atom is 0.0351 e. The monoisotopic (exact) mass is 204 g/mol. The van der Waals surface area contributed by atoms with Crippen LogP contribution < -0.4 is 5.73 Å². The van der Waals surface area contributed by atoms with Gasteiger partial charge in [-0.1, -0.05) is 30.0 Å². The van der Waals surface area contributed by atoms with Gasteiger partial charge in [0.1, 0.15) is 0 Å². The average molecular weight is 204 g/mol. The quantitative estimate of drug-likeness (QED) is 0.804. The minimum Gasteiger partial charge on any atom is -0.326 e. The molecule has 1 aromatic rings. The van der Waals surface area contributed by atoms with Crippen molar-refractivity contribution in [3.05, 3.63) is 47.1 Å². The second-order valence-corrected chi connectivity index (χ2v) is 4.19. The Morgan fingerprint density at radius 1 is 1.43 bits per heavy atom. The van der Waals surface area contributed by atoms with Gasteiger partial charge >= 0.3 is 0 Å². The van der Waals surface area contributed by atoms with Gasteiger partial charge in [-0.05, 0) is 17.4 Å². The van der Waals surface area contributed by atoms with Gasteiger partial charge in [0.05, 0.1) is 0 Å². The van der Waals surface area contributed by atoms with Crippen molar-refractivity contribution in [1.82, 2.24) is 4.98 Å². The maximum absolute atomic E-state index is 5.61. The van der Waals surface area contributed by atoms with Crippen molar-refractivity contribution in [2.75, 3.05) is 6.54 Å². The Kier molecular flexibility index (Phi) is 3.01. The highest BCUT2D eigenvalue weighted by Crippen LogP contribution is 2.36. The summed E-state index contributed by atoms with van der Waals surface area (Å²) in [6.07, 6.45) is 9.03. The average Bonchev–Trinajstić information content (AvgIpc) is 2.30. The molecule has 0 unspecified atom stereocenters. The molecule has 0 fully saturated rings. The summed E-state index contributed by atoms with van der Waals surface area (Å²) in [6, 6.07) is 4.03. The van der Waals surface area contributed by atoms with Crippen LogP contribution >= 0.6 is 11.8 Å². The zero-order valence-corrected chi connectivity index (χ0v) is 8.63. The Morgan fingerprint density at radius 2 is 2.36 bits per heavy atom. The van der Waals surface area contributed by atoms with Crippen LogP contribution in [-0.4, -0.2) is 11.5 Å². The first-order chi connectivity index (χ1) is 6.90. The fourth-order valence-electron chi connectivity index (χ4n) is 1.33. The summed E-state index contributed by atoms with van der Waals surface area (Å²) in [4.78, 5) is 6.61. The zero-order chi connectivity index (χ0) is 9.80. The van der Waals surface area contributed by atoms with Crippen LogP contribution in [0.15, 0.2) is 41.6 Å². The molecule has 0 saturated carbocycles. The Bertz CT molecular complexity index is 368. The minimum atomic E-state index is 0.627. The van der Waals surface area contributed by atoms with Crippen LogP contribution in [0.5, 0.6) is 0 Å². The molecule has 0 saturated heterocycles. The van der Waals surface area contributed by atoms with Gasteiger partial charge in [0.2, 0.25) is 0 Å². The summed E-state index contributed by atoms with van der Waals surface area (Å²) >= 11 is 1.74. The van der Waals surface area contributed by atoms with Crippen LogP contribution in [0.4, 0.5) is 0 Å². The Hall–Kier alpha value is -1.06. The van der Waals surface area contributed by atoms with E-state index in [0.29, 0.717) is 6.54 Å². The number of aromatic nitrogens is 1. The number of hydrogen-bond acceptors (Lipinski definition) is 3. The van der Waals surface area contributed by atoms with E-state index in [1.807, 2.05) is 12.3 Å². The molecule has 0 amide bonds. The summed E-state index contributed by atoms with van der Waals surface area (Å²) in [7, 11) is 0. The molecule has 0 aliphatic carbocycles. The van der Waals surface area contributed by atoms with E-state index in [-0.39, 0.29) is 0 Å². The van der Waals surface area contributed by atoms with E-state index in [0.717, 1.165) is 6.42 Å². The first kappa shape index (κ1) is 9.49. The molecule has 14 heavy (non-hydrogen) atoms. The third kappa shape index (κ3) is 2.05. The van der Waals surface area contributed by atoms with Gasteiger partial charge in [0.15, 0.2) is 0 Å². The van der Waals surface area contributed by atoms with Crippen LogP contribution in [-0.2, 0) is 0 Å². The molecule has 2 N–H and O–H groups in total. The minimum absolute atomic E-state index is 0.627. The molecule has 2 rings (SSSR count). The molecule has 2 nitrogen and oxygen atoms in total. The molecule has 1 aliphatic heterocycles. The molecule has 0 aromatic carbocycles. The van der Waals surface area contributed by atoms with E-state index in [1.54, 1.807) is 18.0 Å². The second kappa shape index (κ2) is 4.44. The van der Waals surface area contributed by atoms with Crippen LogP contribution in [0.25, 0.3) is 4.91 Å². The summed E-state index contributed by atoms with van der Waals surface area (Å²) in [5.74, 6) is 0. The lowest BCUT2D eigenvalue weighted by atomic mass is 10.2. The topological polar surface area (TPSA) is 38.9 Å². The molecule has 2 heterocycles. The van der Waals surface area contributed by atoms with Crippen molar-refractivity contribution in [3.8, 4) is 0 Å². The SMILES string of the molecule is NCC1=CCC=C(c2cccnc2)S1. The van der Waals surface area contributed by atoms with Gasteiger partial charge in [-0.2, -0.15) is 0 Å². The Balaban J connectivity index is 2.18. The number of allylic oxidation sites excluding steroid dienone is 2. The van der Waals surface area contributed by atoms with Crippen molar-refractivity contribution in [2.24, 2.45) is 5.73 Å². The largest absolute Gasteiger partial charge is 0.326 e. The smallest absolute Gasteiger partial charge is 0.0351 e. The van der Waals surface area contributed by atoms with Gasteiger partial charge in [-0.25, -0.2) is 0 Å². The van der Waals surface area contributed by atoms with E-state index >= 15 is 0 Å². The van der Waals surface area contributed by atoms with Crippen molar-refractivity contribution in [2.45, 2.75) is 6.42 Å². The van der Waals surface area contributed by atoms with Gasteiger partial charge in [0, 0.05) is 29.4 Å². The van der Waals surface area contributed by atoms with Gasteiger partial charge < -0.3 is 5.73 Å². The van der Waals surface area contributed by atoms with Crippen LogP contribution in [0, 0.1) is 0 Å². The van der Waals surface area contributed by atoms with Gasteiger partial charge in [-0.3, -0.25) is 4.98 Å². The van der Waals surface area contributed by atoms with Crippen molar-refractivity contribution in [1.29, 1.82) is 0 Å². The lowest BCUT2D eigenvalue weighted by Crippen LogP contribution is -2.02. The third-order valence-corrected chi connectivity index (χ3v) is 3.25. The van der Waals surface area contributed by atoms with E-state index < -0.39 is 0 Å². The van der Waals surface area contributed by atoms with Crippen LogP contribution in [0.1, 0.15) is 12.0 Å². The van der Waals surface area contributed by atoms with Crippen molar-refractivity contribution < 1.29 is 0 Å². The Morgan fingerprint density at radius 3 is 3.07 bits per heavy atom. The normalized spacial score (nSPS) is 16.1. The van der Waals surface area contributed by atoms with Crippen molar-refractivity contribution >= 4 is 16.7 Å². The highest BCUT2D eigenvalue weighted by Gasteiger charge is 2.08. The third-order valence-electron chi connectivity index (χ3n) is 2.04.